The van der Waals surface area contributed by atoms with E-state index in [1.165, 1.54) is 0 Å². The van der Waals surface area contributed by atoms with Crippen LogP contribution in [0.1, 0.15) is 49.8 Å². The predicted octanol–water partition coefficient (Wildman–Crippen LogP) is 4.11. The molecule has 1 saturated heterocycles. The summed E-state index contributed by atoms with van der Waals surface area (Å²) < 4.78 is 1.82. The van der Waals surface area contributed by atoms with Crippen LogP contribution >= 0.6 is 0 Å². The number of aliphatic hydroxyl groups excluding tert-OH is 1. The molecule has 1 saturated carbocycles. The van der Waals surface area contributed by atoms with Crippen molar-refractivity contribution in [3.63, 3.8) is 0 Å². The normalized spacial score (nSPS) is 21.4. The number of nitrogens with one attached hydrogen (secondary N) is 3. The van der Waals surface area contributed by atoms with Gasteiger partial charge in [0.2, 0.25) is 11.9 Å². The van der Waals surface area contributed by atoms with Gasteiger partial charge in [-0.3, -0.25) is 4.79 Å². The third-order valence-corrected chi connectivity index (χ3v) is 8.51. The number of piperidine rings is 1. The number of carbonyl (C=O) groups excluding carboxylic acids is 1. The number of benzene rings is 2. The van der Waals surface area contributed by atoms with Crippen LogP contribution in [-0.4, -0.2) is 61.2 Å². The van der Waals surface area contributed by atoms with Crippen LogP contribution in [-0.2, 0) is 17.8 Å². The van der Waals surface area contributed by atoms with Crippen molar-refractivity contribution >= 4 is 40.1 Å². The topological polar surface area (TPSA) is 133 Å². The highest BCUT2D eigenvalue weighted by molar-refractivity contribution is 5.81. The average Bonchev–Trinajstić information content (AvgIpc) is 3.66. The average molecular weight is 580 g/mol. The second kappa shape index (κ2) is 11.3. The molecule has 11 nitrogen and oxygen atoms in total. The third kappa shape index (κ3) is 5.77. The fourth-order valence-corrected chi connectivity index (χ4v) is 6.17. The van der Waals surface area contributed by atoms with Gasteiger partial charge in [-0.15, -0.1) is 5.10 Å². The number of aromatic nitrogens is 5. The smallest absolute Gasteiger partial charge is 0.229 e. The van der Waals surface area contributed by atoms with Crippen LogP contribution in [0, 0.1) is 5.92 Å². The molecule has 1 amide bonds. The molecule has 43 heavy (non-hydrogen) atoms. The first kappa shape index (κ1) is 27.3. The highest BCUT2D eigenvalue weighted by atomic mass is 16.3. The standard InChI is InChI=1S/C32H37N9O2/c1-19(2)17-41-26-15-23(11-12-25(26)38-39-41)35-32-33-16-27(40-13-5-7-21(18-40)31(43)34-22-9-10-22)30(37-32)36-29-24-8-4-3-6-20(24)14-28(29)42/h3-4,6,8,11-12,15-16,21-22,28-29,42H,1,5,7,9-10,13-14,17-18H2,2H3,(H,34,43)(H2,33,35,36,37)/t21-,28-,29?/m1/s1. The lowest BCUT2D eigenvalue weighted by molar-refractivity contribution is -0.125. The van der Waals surface area contributed by atoms with Crippen molar-refractivity contribution in [2.45, 2.75) is 63.8 Å². The lowest BCUT2D eigenvalue weighted by Gasteiger charge is -2.35. The quantitative estimate of drug-likeness (QED) is 0.216. The minimum atomic E-state index is -0.585. The molecule has 1 aliphatic heterocycles. The molecular weight excluding hydrogens is 542 g/mol. The number of nitrogens with zero attached hydrogens (tertiary/aromatic N) is 6. The summed E-state index contributed by atoms with van der Waals surface area (Å²) in [6.45, 7) is 7.95. The first-order chi connectivity index (χ1) is 20.9. The predicted molar refractivity (Wildman–Crippen MR) is 166 cm³/mol. The Morgan fingerprint density at radius 2 is 2.02 bits per heavy atom. The van der Waals surface area contributed by atoms with Crippen LogP contribution in [0.15, 0.2) is 60.8 Å². The first-order valence-corrected chi connectivity index (χ1v) is 15.1. The van der Waals surface area contributed by atoms with Crippen LogP contribution in [0.25, 0.3) is 11.0 Å². The fraction of sp³-hybridized carbons (Fsp3) is 0.406. The maximum atomic E-state index is 12.9. The number of rotatable bonds is 9. The van der Waals surface area contributed by atoms with E-state index in [-0.39, 0.29) is 17.9 Å². The van der Waals surface area contributed by atoms with Crippen molar-refractivity contribution < 1.29 is 9.90 Å². The van der Waals surface area contributed by atoms with E-state index in [4.69, 9.17) is 9.97 Å². The lowest BCUT2D eigenvalue weighted by Crippen LogP contribution is -2.44. The molecule has 3 heterocycles. The zero-order valence-electron chi connectivity index (χ0n) is 24.3. The Morgan fingerprint density at radius 1 is 1.16 bits per heavy atom. The van der Waals surface area contributed by atoms with E-state index in [0.717, 1.165) is 71.3 Å². The summed E-state index contributed by atoms with van der Waals surface area (Å²) in [5, 5.41) is 29.7. The van der Waals surface area contributed by atoms with Crippen molar-refractivity contribution in [2.24, 2.45) is 5.92 Å². The molecule has 11 heteroatoms. The molecule has 4 aromatic rings. The summed E-state index contributed by atoms with van der Waals surface area (Å²) >= 11 is 0. The Balaban J connectivity index is 1.19. The van der Waals surface area contributed by atoms with Gasteiger partial charge in [0.1, 0.15) is 5.52 Å². The number of amides is 1. The fourth-order valence-electron chi connectivity index (χ4n) is 6.17. The molecule has 2 aliphatic carbocycles. The van der Waals surface area contributed by atoms with E-state index in [9.17, 15) is 9.90 Å². The Hall–Kier alpha value is -4.51. The summed E-state index contributed by atoms with van der Waals surface area (Å²) in [5.41, 5.74) is 6.49. The molecule has 3 atom stereocenters. The van der Waals surface area contributed by atoms with Crippen molar-refractivity contribution in [3.05, 3.63) is 71.9 Å². The summed E-state index contributed by atoms with van der Waals surface area (Å²) in [6.07, 6.45) is 5.73. The van der Waals surface area contributed by atoms with E-state index in [0.29, 0.717) is 37.3 Å². The number of anilines is 4. The minimum absolute atomic E-state index is 0.0813. The van der Waals surface area contributed by atoms with Gasteiger partial charge in [-0.1, -0.05) is 41.6 Å². The second-order valence-corrected chi connectivity index (χ2v) is 12.1. The molecule has 222 valence electrons. The van der Waals surface area contributed by atoms with Gasteiger partial charge < -0.3 is 26.0 Å². The van der Waals surface area contributed by atoms with Crippen LogP contribution < -0.4 is 20.9 Å². The zero-order chi connectivity index (χ0) is 29.5. The Morgan fingerprint density at radius 3 is 2.86 bits per heavy atom. The van der Waals surface area contributed by atoms with Crippen molar-refractivity contribution in [2.75, 3.05) is 28.6 Å². The largest absolute Gasteiger partial charge is 0.390 e. The molecule has 0 radical (unpaired) electrons. The maximum Gasteiger partial charge on any atom is 0.229 e. The monoisotopic (exact) mass is 579 g/mol. The SMILES string of the molecule is C=C(C)Cn1nnc2ccc(Nc3ncc(N4CCC[C@@H](C(=O)NC5CC5)C4)c(NC4c5ccccc5C[C@H]4O)n3)cc21. The van der Waals surface area contributed by atoms with Gasteiger partial charge >= 0.3 is 0 Å². The summed E-state index contributed by atoms with van der Waals surface area (Å²) in [7, 11) is 0. The summed E-state index contributed by atoms with van der Waals surface area (Å²) in [5.74, 6) is 1.10. The first-order valence-electron chi connectivity index (χ1n) is 15.1. The molecule has 0 spiro atoms. The molecule has 7 rings (SSSR count). The zero-order valence-corrected chi connectivity index (χ0v) is 24.3. The Bertz CT molecular complexity index is 1680. The Labute approximate surface area is 250 Å². The molecule has 3 aliphatic rings. The molecule has 0 bridgehead atoms. The molecule has 2 fully saturated rings. The van der Waals surface area contributed by atoms with E-state index in [1.54, 1.807) is 0 Å². The number of allylic oxidation sites excluding steroid dienone is 1. The van der Waals surface area contributed by atoms with Crippen molar-refractivity contribution in [1.82, 2.24) is 30.3 Å². The number of hydrogen-bond acceptors (Lipinski definition) is 9. The van der Waals surface area contributed by atoms with Gasteiger partial charge in [-0.25, -0.2) is 9.67 Å². The van der Waals surface area contributed by atoms with E-state index in [2.05, 4.69) is 49.9 Å². The molecule has 2 aromatic carbocycles. The molecule has 4 N–H and O–H groups in total. The van der Waals surface area contributed by atoms with Crippen LogP contribution in [0.2, 0.25) is 0 Å². The van der Waals surface area contributed by atoms with Gasteiger partial charge in [0, 0.05) is 31.2 Å². The number of carbonyl (C=O) groups is 1. The van der Waals surface area contributed by atoms with Crippen LogP contribution in [0.5, 0.6) is 0 Å². The van der Waals surface area contributed by atoms with E-state index in [1.807, 2.05) is 48.1 Å². The molecule has 2 aromatic heterocycles. The number of hydrogen-bond donors (Lipinski definition) is 4. The van der Waals surface area contributed by atoms with Gasteiger partial charge in [0.15, 0.2) is 5.82 Å². The minimum Gasteiger partial charge on any atom is -0.390 e. The maximum absolute atomic E-state index is 12.9. The van der Waals surface area contributed by atoms with E-state index >= 15 is 0 Å². The highest BCUT2D eigenvalue weighted by Crippen LogP contribution is 2.37. The van der Waals surface area contributed by atoms with Gasteiger partial charge in [-0.05, 0) is 61.9 Å². The number of fused-ring (bicyclic) bond motifs is 2. The van der Waals surface area contributed by atoms with Gasteiger partial charge in [0.05, 0.1) is 42.0 Å². The lowest BCUT2D eigenvalue weighted by atomic mass is 9.96. The van der Waals surface area contributed by atoms with Crippen molar-refractivity contribution in [1.29, 1.82) is 0 Å². The third-order valence-electron chi connectivity index (χ3n) is 8.51. The second-order valence-electron chi connectivity index (χ2n) is 12.1. The number of aliphatic hydroxyl groups is 1. The highest BCUT2D eigenvalue weighted by Gasteiger charge is 2.34. The van der Waals surface area contributed by atoms with Crippen molar-refractivity contribution in [3.8, 4) is 0 Å². The van der Waals surface area contributed by atoms with E-state index < -0.39 is 6.10 Å². The summed E-state index contributed by atoms with van der Waals surface area (Å²) in [4.78, 5) is 24.8. The van der Waals surface area contributed by atoms with Crippen LogP contribution in [0.4, 0.5) is 23.1 Å². The molecule has 1 unspecified atom stereocenters. The van der Waals surface area contributed by atoms with Gasteiger partial charge in [0.25, 0.3) is 0 Å². The van der Waals surface area contributed by atoms with Gasteiger partial charge in [-0.2, -0.15) is 4.98 Å². The van der Waals surface area contributed by atoms with Crippen LogP contribution in [0.3, 0.4) is 0 Å². The summed E-state index contributed by atoms with van der Waals surface area (Å²) in [6, 6.07) is 14.0. The Kier molecular flexibility index (Phi) is 7.18. The molecular formula is C32H37N9O2.